The van der Waals surface area contributed by atoms with Crippen LogP contribution >= 0.6 is 0 Å². The average molecular weight is 1640 g/mol. The largest absolute Gasteiger partial charge is 0.287 e. The van der Waals surface area contributed by atoms with Gasteiger partial charge in [-0.15, -0.1) is 0 Å². The van der Waals surface area contributed by atoms with E-state index in [0.29, 0.717) is 57.4 Å². The van der Waals surface area contributed by atoms with Crippen molar-refractivity contribution in [2.24, 2.45) is 53.0 Å². The molecule has 0 saturated heterocycles. The van der Waals surface area contributed by atoms with Crippen molar-refractivity contribution in [3.05, 3.63) is 296 Å². The molecule has 122 heavy (non-hydrogen) atoms. The second kappa shape index (κ2) is 37.9. The highest BCUT2D eigenvalue weighted by molar-refractivity contribution is 5.97. The quantitative estimate of drug-likeness (QED) is 0.0848. The third-order valence-corrected chi connectivity index (χ3v) is 24.5. The molecule has 5 heterocycles. The van der Waals surface area contributed by atoms with Gasteiger partial charge in [0.05, 0.1) is 62.2 Å². The maximum Gasteiger partial charge on any atom is 0.287 e. The van der Waals surface area contributed by atoms with Gasteiger partial charge in [0.25, 0.3) is 31.6 Å². The molecule has 5 aromatic heterocycles. The lowest BCUT2D eigenvalue weighted by atomic mass is 9.92. The lowest BCUT2D eigenvalue weighted by Crippen LogP contribution is -2.32. The Morgan fingerprint density at radius 1 is 0.295 bits per heavy atom. The molecule has 0 bridgehead atoms. The monoisotopic (exact) mass is 1640 g/mol. The maximum absolute atomic E-state index is 13.9. The summed E-state index contributed by atoms with van der Waals surface area (Å²) in [4.78, 5) is 23.2. The van der Waals surface area contributed by atoms with Crippen LogP contribution in [-0.2, 0) is 54.5 Å². The Bertz CT molecular complexity index is 6380. The SMILES string of the molecule is Cc1cc(-c2c3cc(CC(C)C)ccc3nc[n+]2C)c(C)cc1F.Cc1cc(-c2c3ccc(C4CCCC4)cc3nc[n+]2C)c(C)cc1F.Cc1cc(-c2c3ccc(CC(C)C)cc3nc[n+]2C)c(C)cc1F.Cc1cc(-c2c3cccc(C4CCCC4)c3nc[n+]2C)c(C)cc1F.Cc1cc(-c2c3cccc(CC(C)C)c3nc[n+]2C)c(C)cc1F. The molecule has 2 aliphatic rings. The highest BCUT2D eigenvalue weighted by Crippen LogP contribution is 2.42. The number of nitrogens with zero attached hydrogens (tertiary/aromatic N) is 10. The number of hydrogen-bond acceptors (Lipinski definition) is 5. The van der Waals surface area contributed by atoms with Crippen LogP contribution in [0.4, 0.5) is 22.0 Å². The van der Waals surface area contributed by atoms with Gasteiger partial charge in [-0.3, -0.25) is 0 Å². The highest BCUT2D eigenvalue weighted by Gasteiger charge is 2.29. The Balaban J connectivity index is 0.000000131. The van der Waals surface area contributed by atoms with Gasteiger partial charge in [-0.25, -0.2) is 44.8 Å². The summed E-state index contributed by atoms with van der Waals surface area (Å²) < 4.78 is 79.6. The molecular weight excluding hydrogens is 1520 g/mol. The van der Waals surface area contributed by atoms with E-state index in [1.54, 1.807) is 30.3 Å². The molecule has 0 aliphatic heterocycles. The number of aromatic nitrogens is 10. The van der Waals surface area contributed by atoms with Gasteiger partial charge in [-0.1, -0.05) is 110 Å². The lowest BCUT2D eigenvalue weighted by Gasteiger charge is -2.14. The third-order valence-electron chi connectivity index (χ3n) is 24.5. The number of rotatable bonds is 13. The van der Waals surface area contributed by atoms with Crippen LogP contribution in [0.5, 0.6) is 0 Å². The normalized spacial score (nSPS) is 13.0. The first-order valence-electron chi connectivity index (χ1n) is 43.4. The fourth-order valence-corrected chi connectivity index (χ4v) is 18.2. The van der Waals surface area contributed by atoms with Gasteiger partial charge < -0.3 is 0 Å². The van der Waals surface area contributed by atoms with Crippen LogP contribution in [0.15, 0.2) is 183 Å². The summed E-state index contributed by atoms with van der Waals surface area (Å²) in [7, 11) is 10.00. The van der Waals surface area contributed by atoms with Gasteiger partial charge >= 0.3 is 0 Å². The van der Waals surface area contributed by atoms with E-state index in [0.717, 1.165) is 158 Å². The zero-order valence-corrected chi connectivity index (χ0v) is 75.3. The van der Waals surface area contributed by atoms with Crippen molar-refractivity contribution in [3.8, 4) is 56.3 Å². The molecular formula is C107H120F5N10+5. The minimum absolute atomic E-state index is 0.145. The minimum Gasteiger partial charge on any atom is -0.232 e. The number of aryl methyl sites for hydroxylation is 15. The Hall–Kier alpha value is -11.5. The van der Waals surface area contributed by atoms with Gasteiger partial charge in [-0.2, -0.15) is 0 Å². The molecule has 0 amide bonds. The fourth-order valence-electron chi connectivity index (χ4n) is 18.2. The van der Waals surface area contributed by atoms with Gasteiger partial charge in [-0.05, 0) is 350 Å². The van der Waals surface area contributed by atoms with Crippen LogP contribution < -0.4 is 22.8 Å². The summed E-state index contributed by atoms with van der Waals surface area (Å²) in [6, 6.07) is 50.4. The molecule has 15 aromatic rings. The Kier molecular flexibility index (Phi) is 27.4. The van der Waals surface area contributed by atoms with Crippen molar-refractivity contribution in [3.63, 3.8) is 0 Å². The molecule has 0 atom stereocenters. The molecule has 2 aliphatic carbocycles. The molecule has 628 valence electrons. The third kappa shape index (κ3) is 19.4. The number of hydrogen-bond donors (Lipinski definition) is 0. The van der Waals surface area contributed by atoms with E-state index in [4.69, 9.17) is 4.98 Å². The van der Waals surface area contributed by atoms with Crippen molar-refractivity contribution in [2.45, 2.75) is 193 Å². The molecule has 2 fully saturated rings. The number of benzene rings is 10. The molecule has 0 spiro atoms. The zero-order valence-electron chi connectivity index (χ0n) is 75.3. The van der Waals surface area contributed by atoms with Gasteiger partial charge in [0.2, 0.25) is 0 Å². The van der Waals surface area contributed by atoms with E-state index < -0.39 is 0 Å². The van der Waals surface area contributed by atoms with Gasteiger partial charge in [0.1, 0.15) is 57.6 Å². The van der Waals surface area contributed by atoms with E-state index in [2.05, 4.69) is 157 Å². The van der Waals surface area contributed by atoms with Gasteiger partial charge in [0, 0.05) is 38.9 Å². The van der Waals surface area contributed by atoms with E-state index in [-0.39, 0.29) is 29.1 Å². The van der Waals surface area contributed by atoms with Crippen molar-refractivity contribution in [2.75, 3.05) is 0 Å². The molecule has 17 rings (SSSR count). The maximum atomic E-state index is 13.9. The van der Waals surface area contributed by atoms with E-state index in [9.17, 15) is 22.0 Å². The predicted molar refractivity (Wildman–Crippen MR) is 487 cm³/mol. The van der Waals surface area contributed by atoms with Crippen LogP contribution in [0.3, 0.4) is 0 Å². The van der Waals surface area contributed by atoms with Crippen molar-refractivity contribution >= 4 is 54.5 Å². The van der Waals surface area contributed by atoms with Crippen LogP contribution in [0.25, 0.3) is 111 Å². The summed E-state index contributed by atoms with van der Waals surface area (Å²) in [5, 5.41) is 5.62. The summed E-state index contributed by atoms with van der Waals surface area (Å²) in [6.07, 6.45) is 22.8. The highest BCUT2D eigenvalue weighted by atomic mass is 19.1. The van der Waals surface area contributed by atoms with Gasteiger partial charge in [0.15, 0.2) is 27.6 Å². The van der Waals surface area contributed by atoms with Crippen LogP contribution in [0, 0.1) is 116 Å². The van der Waals surface area contributed by atoms with E-state index >= 15 is 0 Å². The Morgan fingerprint density at radius 2 is 0.623 bits per heavy atom. The first kappa shape index (κ1) is 88.3. The van der Waals surface area contributed by atoms with Crippen molar-refractivity contribution in [1.29, 1.82) is 0 Å². The van der Waals surface area contributed by atoms with Crippen LogP contribution in [0.1, 0.15) is 188 Å². The first-order valence-corrected chi connectivity index (χ1v) is 43.4. The molecule has 0 N–H and O–H groups in total. The molecule has 10 nitrogen and oxygen atoms in total. The van der Waals surface area contributed by atoms with E-state index in [1.807, 2.05) is 185 Å². The van der Waals surface area contributed by atoms with Crippen molar-refractivity contribution < 1.29 is 44.8 Å². The molecule has 15 heteroatoms. The Labute approximate surface area is 718 Å². The minimum atomic E-state index is -0.156. The second-order valence-corrected chi connectivity index (χ2v) is 35.9. The molecule has 0 unspecified atom stereocenters. The zero-order chi connectivity index (χ0) is 87.4. The lowest BCUT2D eigenvalue weighted by molar-refractivity contribution is -0.662. The standard InChI is InChI=1S/2C22H24FN2.3C21H24FN2/c1-14-12-20(23)15(2)11-19(14)22-18-10-6-9-17(16-7-4-5-8-16)21(18)24-13-25(22)3;1-14-11-20(23)15(2)10-19(14)22-18-9-8-17(16-6-4-5-7-16)12-21(18)24-13-25(22)3;1-13(2)8-16-6-7-20-18(11-16)21(24(5)12-23-20)17-9-15(4)19(22)10-14(17)3;1-13(2)8-16-6-7-17-20(11-16)23-12-24(5)21(17)18-9-15(4)19(22)10-14(18)3;1-13(2)9-16-7-6-8-17-20(16)23-12-24(5)21(17)18-10-15(4)19(22)11-14(18)3/h6,9-13,16H,4-5,7-8H2,1-3H3;8-13,16H,4-7H2,1-3H3;2*6-7,9-13H,8H2,1-5H3;6-8,10-13H,9H2,1-5H3/q5*+1. The number of halogens is 5. The molecule has 10 aromatic carbocycles. The Morgan fingerprint density at radius 3 is 1.04 bits per heavy atom. The summed E-state index contributed by atoms with van der Waals surface area (Å²) in [6.45, 7) is 32.2. The first-order chi connectivity index (χ1) is 58.2. The van der Waals surface area contributed by atoms with Crippen LogP contribution in [-0.4, -0.2) is 24.9 Å². The topological polar surface area (TPSA) is 83.8 Å². The molecule has 0 radical (unpaired) electrons. The smallest absolute Gasteiger partial charge is 0.232 e. The average Bonchev–Trinajstić information content (AvgIpc) is 1.03. The molecule has 2 saturated carbocycles. The fraction of sp³-hybridized carbons (Fsp3) is 0.346. The number of para-hydroxylation sites is 2. The van der Waals surface area contributed by atoms with Crippen molar-refractivity contribution in [1.82, 2.24) is 24.9 Å². The summed E-state index contributed by atoms with van der Waals surface area (Å²) in [5.41, 5.74) is 30.7. The summed E-state index contributed by atoms with van der Waals surface area (Å²) >= 11 is 0. The number of fused-ring (bicyclic) bond motifs is 5. The van der Waals surface area contributed by atoms with E-state index in [1.165, 1.54) is 79.2 Å². The predicted octanol–water partition coefficient (Wildman–Crippen LogP) is 24.3. The van der Waals surface area contributed by atoms with Crippen LogP contribution in [0.2, 0.25) is 0 Å². The summed E-state index contributed by atoms with van der Waals surface area (Å²) in [5.74, 6) is 2.33. The second-order valence-electron chi connectivity index (χ2n) is 35.9.